The van der Waals surface area contributed by atoms with E-state index in [0.717, 1.165) is 38.1 Å². The van der Waals surface area contributed by atoms with E-state index in [4.69, 9.17) is 4.74 Å². The lowest BCUT2D eigenvalue weighted by molar-refractivity contribution is -0.605. The van der Waals surface area contributed by atoms with Crippen molar-refractivity contribution >= 4 is 17.9 Å². The van der Waals surface area contributed by atoms with Crippen molar-refractivity contribution in [3.8, 4) is 0 Å². The number of aromatic nitrogens is 1. The average Bonchev–Trinajstić information content (AvgIpc) is 2.55. The number of hydrogen-bond donors (Lipinski definition) is 2. The number of hydrogen-bond acceptors (Lipinski definition) is 5. The Morgan fingerprint density at radius 3 is 2.58 bits per heavy atom. The van der Waals surface area contributed by atoms with Crippen LogP contribution in [0.1, 0.15) is 43.0 Å². The van der Waals surface area contributed by atoms with E-state index in [-0.39, 0.29) is 11.6 Å². The lowest BCUT2D eigenvalue weighted by atomic mass is 9.86. The summed E-state index contributed by atoms with van der Waals surface area (Å²) in [6.07, 6.45) is 6.45. The van der Waals surface area contributed by atoms with Crippen LogP contribution in [0.2, 0.25) is 0 Å². The second-order valence-electron chi connectivity index (χ2n) is 5.91. The molecule has 0 aliphatic heterocycles. The predicted molar refractivity (Wildman–Crippen MR) is 83.8 cm³/mol. The summed E-state index contributed by atoms with van der Waals surface area (Å²) < 4.78 is 5.33. The molecule has 8 nitrogen and oxygen atoms in total. The zero-order valence-electron chi connectivity index (χ0n) is 13.5. The van der Waals surface area contributed by atoms with Gasteiger partial charge in [-0.25, -0.2) is 9.59 Å². The minimum absolute atomic E-state index is 0.0530. The predicted octanol–water partition coefficient (Wildman–Crippen LogP) is 0.881. The number of nitrogens with one attached hydrogen (secondary N) is 2. The molecule has 3 amide bonds. The smallest absolute Gasteiger partial charge is 0.339 e. The standard InChI is InChI=1S/C16H21N3O5/c1-11-4-2-3-5-13(11)17-16(22)18-14(20)10-24-15(21)12-6-8-19(23)9-7-12/h6-9,11,13H,2-5,10H2,1H3,(H2,17,18,20,22)/t11-,13-/m0/s1. The van der Waals surface area contributed by atoms with Gasteiger partial charge in [-0.1, -0.05) is 19.8 Å². The first-order valence-corrected chi connectivity index (χ1v) is 7.92. The largest absolute Gasteiger partial charge is 0.619 e. The molecule has 1 heterocycles. The first-order chi connectivity index (χ1) is 11.5. The van der Waals surface area contributed by atoms with Gasteiger partial charge in [0.05, 0.1) is 5.56 Å². The van der Waals surface area contributed by atoms with Crippen LogP contribution in [0, 0.1) is 11.1 Å². The van der Waals surface area contributed by atoms with Crippen LogP contribution in [-0.4, -0.2) is 30.6 Å². The maximum Gasteiger partial charge on any atom is 0.339 e. The summed E-state index contributed by atoms with van der Waals surface area (Å²) in [4.78, 5) is 35.2. The average molecular weight is 335 g/mol. The minimum Gasteiger partial charge on any atom is -0.619 e. The normalized spacial score (nSPS) is 20.0. The summed E-state index contributed by atoms with van der Waals surface area (Å²) in [6.45, 7) is 1.50. The van der Waals surface area contributed by atoms with E-state index in [2.05, 4.69) is 17.6 Å². The zero-order chi connectivity index (χ0) is 17.5. The van der Waals surface area contributed by atoms with Gasteiger partial charge in [0, 0.05) is 18.2 Å². The van der Waals surface area contributed by atoms with Crippen LogP contribution in [0.25, 0.3) is 0 Å². The highest BCUT2D eigenvalue weighted by molar-refractivity contribution is 5.97. The monoisotopic (exact) mass is 335 g/mol. The first-order valence-electron chi connectivity index (χ1n) is 7.92. The van der Waals surface area contributed by atoms with Crippen LogP contribution in [0.3, 0.4) is 0 Å². The molecule has 0 unspecified atom stereocenters. The molecule has 24 heavy (non-hydrogen) atoms. The number of rotatable bonds is 4. The van der Waals surface area contributed by atoms with Gasteiger partial charge in [-0.3, -0.25) is 10.1 Å². The van der Waals surface area contributed by atoms with Crippen molar-refractivity contribution in [3.63, 3.8) is 0 Å². The summed E-state index contributed by atoms with van der Waals surface area (Å²) in [5.74, 6) is -1.08. The molecule has 1 aromatic rings. The molecule has 8 heteroatoms. The van der Waals surface area contributed by atoms with Gasteiger partial charge in [0.2, 0.25) is 0 Å². The number of carbonyl (C=O) groups excluding carboxylic acids is 3. The van der Waals surface area contributed by atoms with Gasteiger partial charge in [0.25, 0.3) is 5.91 Å². The molecular formula is C16H21N3O5. The van der Waals surface area contributed by atoms with E-state index >= 15 is 0 Å². The van der Waals surface area contributed by atoms with Gasteiger partial charge < -0.3 is 15.3 Å². The summed E-state index contributed by atoms with van der Waals surface area (Å²) >= 11 is 0. The number of pyridine rings is 1. The number of imide groups is 1. The Hall–Kier alpha value is -2.64. The molecule has 1 aliphatic carbocycles. The topological polar surface area (TPSA) is 111 Å². The SMILES string of the molecule is C[C@H]1CCCC[C@@H]1NC(=O)NC(=O)COC(=O)c1cc[n+]([O-])cc1. The summed E-state index contributed by atoms with van der Waals surface area (Å²) in [5, 5.41) is 15.8. The first kappa shape index (κ1) is 17.7. The Labute approximate surface area is 139 Å². The number of esters is 1. The van der Waals surface area contributed by atoms with Crippen molar-refractivity contribution in [2.24, 2.45) is 5.92 Å². The molecule has 1 aliphatic rings. The molecular weight excluding hydrogens is 314 g/mol. The van der Waals surface area contributed by atoms with Crippen molar-refractivity contribution in [3.05, 3.63) is 35.3 Å². The van der Waals surface area contributed by atoms with Crippen LogP contribution in [0.4, 0.5) is 4.79 Å². The second kappa shape index (κ2) is 8.28. The van der Waals surface area contributed by atoms with Crippen molar-refractivity contribution < 1.29 is 23.9 Å². The molecule has 2 rings (SSSR count). The van der Waals surface area contributed by atoms with E-state index in [1.54, 1.807) is 0 Å². The molecule has 0 spiro atoms. The zero-order valence-corrected chi connectivity index (χ0v) is 13.5. The van der Waals surface area contributed by atoms with E-state index < -0.39 is 24.5 Å². The van der Waals surface area contributed by atoms with Crippen LogP contribution in [-0.2, 0) is 9.53 Å². The summed E-state index contributed by atoms with van der Waals surface area (Å²) in [6, 6.07) is 2.04. The fourth-order valence-corrected chi connectivity index (χ4v) is 2.66. The lowest BCUT2D eigenvalue weighted by Crippen LogP contribution is -2.48. The number of ether oxygens (including phenoxy) is 1. The number of carbonyl (C=O) groups is 3. The Bertz CT molecular complexity index is 602. The second-order valence-corrected chi connectivity index (χ2v) is 5.91. The maximum absolute atomic E-state index is 11.8. The lowest BCUT2D eigenvalue weighted by Gasteiger charge is -2.29. The third kappa shape index (κ3) is 5.22. The molecule has 2 N–H and O–H groups in total. The Kier molecular flexibility index (Phi) is 6.11. The number of nitrogens with zero attached hydrogens (tertiary/aromatic N) is 1. The fourth-order valence-electron chi connectivity index (χ4n) is 2.66. The molecule has 1 fully saturated rings. The van der Waals surface area contributed by atoms with Gasteiger partial charge in [0.1, 0.15) is 0 Å². The molecule has 0 radical (unpaired) electrons. The van der Waals surface area contributed by atoms with E-state index in [0.29, 0.717) is 10.6 Å². The summed E-state index contributed by atoms with van der Waals surface area (Å²) in [7, 11) is 0. The van der Waals surface area contributed by atoms with Crippen molar-refractivity contribution in [1.29, 1.82) is 0 Å². The number of urea groups is 1. The molecule has 1 aromatic heterocycles. The Morgan fingerprint density at radius 2 is 1.92 bits per heavy atom. The molecule has 2 atom stereocenters. The van der Waals surface area contributed by atoms with Gasteiger partial charge >= 0.3 is 12.0 Å². The maximum atomic E-state index is 11.8. The van der Waals surface area contributed by atoms with Crippen molar-refractivity contribution in [2.75, 3.05) is 6.61 Å². The Balaban J connectivity index is 1.73. The molecule has 130 valence electrons. The molecule has 0 saturated heterocycles. The third-order valence-corrected chi connectivity index (χ3v) is 4.05. The quantitative estimate of drug-likeness (QED) is 0.482. The van der Waals surface area contributed by atoms with Gasteiger partial charge in [-0.05, 0) is 18.8 Å². The molecule has 0 aromatic carbocycles. The highest BCUT2D eigenvalue weighted by atomic mass is 16.5. The van der Waals surface area contributed by atoms with E-state index in [1.807, 2.05) is 0 Å². The van der Waals surface area contributed by atoms with Gasteiger partial charge in [-0.15, -0.1) is 0 Å². The van der Waals surface area contributed by atoms with Gasteiger partial charge in [-0.2, -0.15) is 4.73 Å². The highest BCUT2D eigenvalue weighted by Gasteiger charge is 2.23. The molecule has 1 saturated carbocycles. The van der Waals surface area contributed by atoms with Gasteiger partial charge in [0.15, 0.2) is 19.0 Å². The summed E-state index contributed by atoms with van der Waals surface area (Å²) in [5.41, 5.74) is 0.149. The van der Waals surface area contributed by atoms with E-state index in [9.17, 15) is 19.6 Å². The van der Waals surface area contributed by atoms with Crippen LogP contribution < -0.4 is 15.4 Å². The molecule has 0 bridgehead atoms. The highest BCUT2D eigenvalue weighted by Crippen LogP contribution is 2.23. The van der Waals surface area contributed by atoms with Crippen molar-refractivity contribution in [2.45, 2.75) is 38.6 Å². The van der Waals surface area contributed by atoms with Crippen LogP contribution in [0.5, 0.6) is 0 Å². The number of amides is 3. The minimum atomic E-state index is -0.743. The Morgan fingerprint density at radius 1 is 1.25 bits per heavy atom. The van der Waals surface area contributed by atoms with E-state index in [1.165, 1.54) is 12.1 Å². The van der Waals surface area contributed by atoms with Crippen LogP contribution in [0.15, 0.2) is 24.5 Å². The fraction of sp³-hybridized carbons (Fsp3) is 0.500. The third-order valence-electron chi connectivity index (χ3n) is 4.05. The van der Waals surface area contributed by atoms with Crippen LogP contribution >= 0.6 is 0 Å². The van der Waals surface area contributed by atoms with Crippen molar-refractivity contribution in [1.82, 2.24) is 10.6 Å².